The van der Waals surface area contributed by atoms with Crippen molar-refractivity contribution in [3.05, 3.63) is 150 Å². The van der Waals surface area contributed by atoms with E-state index in [0.717, 1.165) is 108 Å². The van der Waals surface area contributed by atoms with Crippen LogP contribution in [0.2, 0.25) is 13.3 Å². The SMILES string of the molecule is CCC[CH2][Sn]([CH2]CCC)([CH2]CCC)[c]1cnnn1C.Cc1cnc(N[C@H]2CCCN(C(=O)OC(C)(C)C)C2)nc1-c1cn(-c2ccccc2)c2cc(-c3cnnn3C)ccc12.Cc1cnc(N[C@H]2CCCN(C(=O)OC(C)(C)C)C2)nc1-c1cn(-c2ccccc2)c2cc(Br)ccc12.O=S=O.O=S=O. The Bertz CT molecular complexity index is 4490. The predicted octanol–water partition coefficient (Wildman–Crippen LogP) is 15.5. The molecule has 0 spiro atoms. The van der Waals surface area contributed by atoms with Crippen molar-refractivity contribution in [3.8, 4) is 45.1 Å². The zero-order valence-corrected chi connectivity index (χ0v) is 68.2. The van der Waals surface area contributed by atoms with Gasteiger partial charge in [0.1, 0.15) is 11.2 Å². The van der Waals surface area contributed by atoms with Crippen molar-refractivity contribution in [2.75, 3.05) is 36.8 Å². The van der Waals surface area contributed by atoms with Crippen molar-refractivity contribution in [1.82, 2.24) is 68.9 Å². The van der Waals surface area contributed by atoms with Crippen LogP contribution in [0.25, 0.3) is 67.0 Å². The summed E-state index contributed by atoms with van der Waals surface area (Å²) in [7, 11) is 3.99. The van der Waals surface area contributed by atoms with Gasteiger partial charge in [0.25, 0.3) is 0 Å². The molecule has 2 saturated heterocycles. The number of ether oxygens (including phenoxy) is 2. The predicted molar refractivity (Wildman–Crippen MR) is 418 cm³/mol. The molecule has 2 aliphatic rings. The van der Waals surface area contributed by atoms with Crippen molar-refractivity contribution in [1.29, 1.82) is 0 Å². The van der Waals surface area contributed by atoms with E-state index in [0.29, 0.717) is 38.1 Å². The minimum Gasteiger partial charge on any atom is -0.444 e. The molecule has 12 rings (SSSR count). The van der Waals surface area contributed by atoms with Gasteiger partial charge in [0, 0.05) is 113 Å². The third-order valence-corrected chi connectivity index (χ3v) is 34.3. The molecule has 10 aromatic rings. The molecule has 2 amide bonds. The summed E-state index contributed by atoms with van der Waals surface area (Å²) in [6.45, 7) is 24.8. The number of likely N-dealkylation sites (tertiary alicyclic amines) is 2. The summed E-state index contributed by atoms with van der Waals surface area (Å²) >= 11 is -0.126. The smallest absolute Gasteiger partial charge is 0.410 e. The molecule has 24 nitrogen and oxygen atoms in total. The number of hydrogen-bond acceptors (Lipinski definition) is 18. The number of nitrogens with one attached hydrogen (secondary N) is 2. The van der Waals surface area contributed by atoms with E-state index in [9.17, 15) is 9.59 Å². The second-order valence-corrected chi connectivity index (χ2v) is 42.6. The number of aryl methyl sites for hydroxylation is 4. The second-order valence-electron chi connectivity index (χ2n) is 28.4. The number of nitrogens with zero attached hydrogens (tertiary/aromatic N) is 14. The van der Waals surface area contributed by atoms with Crippen LogP contribution in [0.15, 0.2) is 139 Å². The molecule has 2 atom stereocenters. The number of carbonyl (C=O) groups is 2. The van der Waals surface area contributed by atoms with Crippen LogP contribution >= 0.6 is 15.9 Å². The second kappa shape index (κ2) is 38.5. The first-order chi connectivity index (χ1) is 49.9. The maximum absolute atomic E-state index is 12.7. The Morgan fingerprint density at radius 1 is 0.577 bits per heavy atom. The molecule has 0 aliphatic carbocycles. The maximum atomic E-state index is 12.7. The number of aromatic nitrogens is 12. The van der Waals surface area contributed by atoms with Gasteiger partial charge in [-0.1, -0.05) is 75.7 Å². The van der Waals surface area contributed by atoms with Gasteiger partial charge in [0.05, 0.1) is 34.3 Å². The van der Waals surface area contributed by atoms with Crippen LogP contribution in [0, 0.1) is 13.8 Å². The van der Waals surface area contributed by atoms with Crippen LogP contribution in [0.1, 0.15) is 138 Å². The molecule has 2 N–H and O–H groups in total. The molecular weight excluding hydrogens is 1530 g/mol. The Labute approximate surface area is 630 Å². The summed E-state index contributed by atoms with van der Waals surface area (Å²) in [4.78, 5) is 48.0. The van der Waals surface area contributed by atoms with Crippen LogP contribution < -0.4 is 14.3 Å². The van der Waals surface area contributed by atoms with Crippen LogP contribution in [-0.2, 0) is 46.7 Å². The summed E-state index contributed by atoms with van der Waals surface area (Å²) in [5.41, 5.74) is 11.0. The van der Waals surface area contributed by atoms with E-state index >= 15 is 0 Å². The Morgan fingerprint density at radius 3 is 1.40 bits per heavy atom. The van der Waals surface area contributed by atoms with Gasteiger partial charge in [-0.05, 0) is 135 Å². The number of amides is 2. The van der Waals surface area contributed by atoms with Crippen LogP contribution in [0.5, 0.6) is 0 Å². The van der Waals surface area contributed by atoms with Crippen LogP contribution in [0.3, 0.4) is 0 Å². The molecule has 0 saturated carbocycles. The van der Waals surface area contributed by atoms with Gasteiger partial charge in [0.15, 0.2) is 0 Å². The third kappa shape index (κ3) is 22.0. The molecule has 4 aromatic carbocycles. The molecule has 2 aliphatic heterocycles. The number of unbranched alkanes of at least 4 members (excludes halogenated alkanes) is 3. The van der Waals surface area contributed by atoms with Gasteiger partial charge >= 0.3 is 158 Å². The first-order valence-corrected chi connectivity index (χ1v) is 45.2. The normalized spacial score (nSPS) is 14.5. The summed E-state index contributed by atoms with van der Waals surface area (Å²) < 4.78 is 59.7. The van der Waals surface area contributed by atoms with Gasteiger partial charge < -0.3 is 39.0 Å². The van der Waals surface area contributed by atoms with Crippen molar-refractivity contribution < 1.29 is 35.9 Å². The summed E-state index contributed by atoms with van der Waals surface area (Å²) in [5, 5.41) is 25.7. The van der Waals surface area contributed by atoms with Crippen molar-refractivity contribution >= 4 is 107 Å². The Balaban J connectivity index is 0.000000201. The number of anilines is 2. The van der Waals surface area contributed by atoms with E-state index in [4.69, 9.17) is 36.3 Å². The molecule has 0 radical (unpaired) electrons. The van der Waals surface area contributed by atoms with E-state index in [2.05, 4.69) is 178 Å². The average Bonchev–Trinajstić information content (AvgIpc) is 1.61. The molecule has 554 valence electrons. The summed E-state index contributed by atoms with van der Waals surface area (Å²) in [5.74, 6) is 1.11. The van der Waals surface area contributed by atoms with Gasteiger partial charge in [0.2, 0.25) is 11.9 Å². The number of rotatable bonds is 19. The van der Waals surface area contributed by atoms with Gasteiger partial charge in [-0.3, -0.25) is 0 Å². The maximum Gasteiger partial charge on any atom is 0.410 e. The van der Waals surface area contributed by atoms with Crippen molar-refractivity contribution in [2.24, 2.45) is 14.1 Å². The molecule has 0 bridgehead atoms. The van der Waals surface area contributed by atoms with E-state index in [-0.39, 0.29) is 24.3 Å². The molecule has 0 unspecified atom stereocenters. The van der Waals surface area contributed by atoms with E-state index < -0.39 is 52.7 Å². The minimum absolute atomic E-state index is 0.0301. The van der Waals surface area contributed by atoms with Crippen LogP contribution in [0.4, 0.5) is 21.5 Å². The first-order valence-electron chi connectivity index (χ1n) is 35.6. The zero-order chi connectivity index (χ0) is 75.1. The fourth-order valence-electron chi connectivity index (χ4n) is 13.3. The summed E-state index contributed by atoms with van der Waals surface area (Å²) in [6.07, 6.45) is 23.1. The minimum atomic E-state index is -2.26. The molecule has 2 fully saturated rings. The van der Waals surface area contributed by atoms with Crippen LogP contribution in [-0.4, -0.2) is 166 Å². The Morgan fingerprint density at radius 2 is 1.00 bits per heavy atom. The molecule has 104 heavy (non-hydrogen) atoms. The number of piperidine rings is 2. The third-order valence-electron chi connectivity index (χ3n) is 18.2. The summed E-state index contributed by atoms with van der Waals surface area (Å²) in [6, 6.07) is 33.4. The molecule has 6 aromatic heterocycles. The number of para-hydroxylation sites is 2. The van der Waals surface area contributed by atoms with E-state index in [1.54, 1.807) is 24.4 Å². The van der Waals surface area contributed by atoms with E-state index in [1.165, 1.54) is 51.8 Å². The zero-order valence-electron chi connectivity index (χ0n) is 62.1. The number of halogens is 1. The number of carbonyl (C=O) groups excluding carboxylic acids is 2. The number of hydrogen-bond donors (Lipinski definition) is 2. The number of benzene rings is 4. The largest absolute Gasteiger partial charge is 0.444 e. The quantitative estimate of drug-likeness (QED) is 0.0712. The number of fused-ring (bicyclic) bond motifs is 2. The van der Waals surface area contributed by atoms with E-state index in [1.807, 2.05) is 111 Å². The molecule has 28 heteroatoms. The first kappa shape index (κ1) is 81.1. The Hall–Kier alpha value is -8.54. The standard InChI is InChI=1S/C32H36N8O2.C29H32BrN5O2.3C4H9.C3H4N3.2O2S.Sn/c1-21-17-33-30(35-23-10-9-15-39(19-23)31(41)42-32(2,3)4)36-29(21)26-20-40(24-11-7-6-8-12-24)27-16-22(13-14-25(26)27)28-18-34-37-38(28)5;1-19-16-31-27(32-21-9-8-14-34(17-21)28(36)37-29(2,3)4)33-26(19)24-18-35(22-10-6-5-7-11-22)25-15-20(30)12-13-23(24)25;3*1-3-4-2;1-6-3-2-4-5-6;2*1-3-2;/h6-8,11-14,16-18,20,23H,9-10,15,19H2,1-5H3,(H,33,35,36);5-7,10-13,15-16,18,21H,8-9,14,17H2,1-4H3,(H,31,32,33);3*1,3-4H2,2H3;2H,1H3;;;/t23-;21-;;;;;;;/m00......./s1. The molecule has 8 heterocycles. The molecular formula is C76H99BrN16O8S2Sn. The average molecular weight is 1630 g/mol. The fourth-order valence-corrected chi connectivity index (χ4v) is 29.8. The monoisotopic (exact) mass is 1630 g/mol. The van der Waals surface area contributed by atoms with Gasteiger partial charge in [-0.15, -0.1) is 5.10 Å². The topological polar surface area (TPSA) is 274 Å². The van der Waals surface area contributed by atoms with Gasteiger partial charge in [-0.25, -0.2) is 34.2 Å². The van der Waals surface area contributed by atoms with Crippen molar-refractivity contribution in [3.63, 3.8) is 0 Å². The van der Waals surface area contributed by atoms with Gasteiger partial charge in [-0.2, -0.15) is 16.8 Å². The fraction of sp³-hybridized carbons (Fsp3) is 0.447. The Kier molecular flexibility index (Phi) is 30.0. The van der Waals surface area contributed by atoms with Crippen molar-refractivity contribution in [2.45, 2.75) is 177 Å².